The maximum absolute atomic E-state index is 12.3. The van der Waals surface area contributed by atoms with Gasteiger partial charge >= 0.3 is 0 Å². The van der Waals surface area contributed by atoms with Crippen molar-refractivity contribution in [3.05, 3.63) is 83.8 Å². The fourth-order valence-electron chi connectivity index (χ4n) is 2.29. The number of hydrogen-bond acceptors (Lipinski definition) is 4. The zero-order valence-corrected chi connectivity index (χ0v) is 13.6. The zero-order chi connectivity index (χ0) is 18.5. The van der Waals surface area contributed by atoms with Gasteiger partial charge in [-0.2, -0.15) is 0 Å². The molecule has 1 aromatic heterocycles. The van der Waals surface area contributed by atoms with Gasteiger partial charge in [-0.05, 0) is 48.5 Å². The van der Waals surface area contributed by atoms with E-state index >= 15 is 0 Å². The van der Waals surface area contributed by atoms with E-state index < -0.39 is 17.7 Å². The van der Waals surface area contributed by atoms with Crippen LogP contribution in [0.2, 0.25) is 0 Å². The van der Waals surface area contributed by atoms with Crippen LogP contribution < -0.4 is 16.4 Å². The predicted molar refractivity (Wildman–Crippen MR) is 96.0 cm³/mol. The molecule has 0 radical (unpaired) electrons. The van der Waals surface area contributed by atoms with E-state index in [-0.39, 0.29) is 11.3 Å². The molecule has 0 aliphatic rings. The molecule has 0 saturated heterocycles. The second-order valence-corrected chi connectivity index (χ2v) is 5.41. The molecule has 2 aromatic carbocycles. The Balaban J connectivity index is 1.72. The minimum Gasteiger partial charge on any atom is -0.459 e. The van der Waals surface area contributed by atoms with E-state index in [0.29, 0.717) is 16.9 Å². The molecular weight excluding hydrogens is 334 g/mol. The summed E-state index contributed by atoms with van der Waals surface area (Å²) in [7, 11) is 0. The van der Waals surface area contributed by atoms with Crippen LogP contribution in [0.3, 0.4) is 0 Å². The first kappa shape index (κ1) is 17.0. The van der Waals surface area contributed by atoms with Crippen molar-refractivity contribution in [3.63, 3.8) is 0 Å². The number of hydrogen-bond donors (Lipinski definition) is 3. The third kappa shape index (κ3) is 3.96. The van der Waals surface area contributed by atoms with Crippen molar-refractivity contribution in [2.45, 2.75) is 0 Å². The quantitative estimate of drug-likeness (QED) is 0.657. The van der Waals surface area contributed by atoms with E-state index in [1.165, 1.54) is 18.4 Å². The van der Waals surface area contributed by atoms with Gasteiger partial charge in [-0.1, -0.05) is 12.1 Å². The lowest BCUT2D eigenvalue weighted by atomic mass is 10.1. The molecule has 4 N–H and O–H groups in total. The van der Waals surface area contributed by atoms with Crippen LogP contribution in [0, 0.1) is 0 Å². The van der Waals surface area contributed by atoms with Crippen molar-refractivity contribution in [1.29, 1.82) is 0 Å². The summed E-state index contributed by atoms with van der Waals surface area (Å²) < 4.78 is 5.03. The van der Waals surface area contributed by atoms with Gasteiger partial charge in [-0.15, -0.1) is 0 Å². The predicted octanol–water partition coefficient (Wildman–Crippen LogP) is 2.88. The maximum Gasteiger partial charge on any atom is 0.291 e. The van der Waals surface area contributed by atoms with E-state index in [4.69, 9.17) is 10.2 Å². The van der Waals surface area contributed by atoms with Gasteiger partial charge in [-0.25, -0.2) is 0 Å². The van der Waals surface area contributed by atoms with Crippen LogP contribution in [0.1, 0.15) is 31.3 Å². The number of benzene rings is 2. The Labute approximate surface area is 148 Å². The van der Waals surface area contributed by atoms with Crippen molar-refractivity contribution in [2.75, 3.05) is 10.6 Å². The highest BCUT2D eigenvalue weighted by Crippen LogP contribution is 2.17. The van der Waals surface area contributed by atoms with Gasteiger partial charge in [0.1, 0.15) is 0 Å². The van der Waals surface area contributed by atoms with E-state index in [9.17, 15) is 14.4 Å². The molecule has 7 nitrogen and oxygen atoms in total. The molecular formula is C19H15N3O4. The molecule has 130 valence electrons. The fourth-order valence-corrected chi connectivity index (χ4v) is 2.29. The lowest BCUT2D eigenvalue weighted by Gasteiger charge is -2.09. The Bertz CT molecular complexity index is 964. The van der Waals surface area contributed by atoms with Gasteiger partial charge < -0.3 is 20.8 Å². The van der Waals surface area contributed by atoms with Crippen molar-refractivity contribution in [3.8, 4) is 0 Å². The van der Waals surface area contributed by atoms with Crippen LogP contribution in [-0.2, 0) is 0 Å². The molecule has 0 aliphatic carbocycles. The first-order valence-electron chi connectivity index (χ1n) is 7.69. The maximum atomic E-state index is 12.3. The van der Waals surface area contributed by atoms with Gasteiger partial charge in [0.05, 0.1) is 6.26 Å². The van der Waals surface area contributed by atoms with Crippen LogP contribution in [-0.4, -0.2) is 17.7 Å². The zero-order valence-electron chi connectivity index (χ0n) is 13.6. The average molecular weight is 349 g/mol. The first-order valence-corrected chi connectivity index (χ1v) is 7.69. The van der Waals surface area contributed by atoms with E-state index in [0.717, 1.165) is 0 Å². The summed E-state index contributed by atoms with van der Waals surface area (Å²) in [6.07, 6.45) is 1.41. The van der Waals surface area contributed by atoms with Crippen molar-refractivity contribution in [2.24, 2.45) is 5.73 Å². The minimum absolute atomic E-state index is 0.183. The molecule has 1 heterocycles. The Hall–Kier alpha value is -3.87. The second kappa shape index (κ2) is 7.35. The Morgan fingerprint density at radius 2 is 1.42 bits per heavy atom. The highest BCUT2D eigenvalue weighted by atomic mass is 16.3. The molecule has 3 amide bonds. The summed E-state index contributed by atoms with van der Waals surface area (Å²) in [5.41, 5.74) is 6.75. The fraction of sp³-hybridized carbons (Fsp3) is 0. The minimum atomic E-state index is -0.609. The third-order valence-corrected chi connectivity index (χ3v) is 3.53. The monoisotopic (exact) mass is 349 g/mol. The van der Waals surface area contributed by atoms with Gasteiger partial charge in [0.15, 0.2) is 5.76 Å². The number of nitrogens with two attached hydrogens (primary N) is 1. The lowest BCUT2D eigenvalue weighted by Crippen LogP contribution is -2.15. The Kier molecular flexibility index (Phi) is 4.80. The smallest absolute Gasteiger partial charge is 0.291 e. The largest absolute Gasteiger partial charge is 0.459 e. The van der Waals surface area contributed by atoms with Crippen molar-refractivity contribution >= 4 is 29.1 Å². The first-order chi connectivity index (χ1) is 12.5. The number of rotatable bonds is 5. The summed E-state index contributed by atoms with van der Waals surface area (Å²) in [6, 6.07) is 15.9. The average Bonchev–Trinajstić information content (AvgIpc) is 3.17. The van der Waals surface area contributed by atoms with E-state index in [2.05, 4.69) is 10.6 Å². The van der Waals surface area contributed by atoms with Crippen LogP contribution in [0.4, 0.5) is 11.4 Å². The highest BCUT2D eigenvalue weighted by molar-refractivity contribution is 6.07. The molecule has 0 saturated carbocycles. The molecule has 7 heteroatoms. The molecule has 26 heavy (non-hydrogen) atoms. The van der Waals surface area contributed by atoms with Gasteiger partial charge in [0.2, 0.25) is 5.91 Å². The molecule has 0 fully saturated rings. The number of primary amides is 1. The number of furan rings is 1. The third-order valence-electron chi connectivity index (χ3n) is 3.53. The van der Waals surface area contributed by atoms with Crippen LogP contribution in [0.5, 0.6) is 0 Å². The second-order valence-electron chi connectivity index (χ2n) is 5.41. The molecule has 0 atom stereocenters. The summed E-state index contributed by atoms with van der Waals surface area (Å²) in [6.45, 7) is 0. The summed E-state index contributed by atoms with van der Waals surface area (Å²) >= 11 is 0. The van der Waals surface area contributed by atoms with Crippen LogP contribution in [0.25, 0.3) is 0 Å². The number of carbonyl (C=O) groups is 3. The van der Waals surface area contributed by atoms with E-state index in [1.54, 1.807) is 48.5 Å². The summed E-state index contributed by atoms with van der Waals surface area (Å²) in [5.74, 6) is -1.22. The number of carbonyl (C=O) groups excluding carboxylic acids is 3. The molecule has 3 aromatic rings. The number of amides is 3. The van der Waals surface area contributed by atoms with Crippen molar-refractivity contribution in [1.82, 2.24) is 0 Å². The molecule has 0 unspecified atom stereocenters. The molecule has 0 aliphatic heterocycles. The molecule has 3 rings (SSSR count). The van der Waals surface area contributed by atoms with Crippen LogP contribution >= 0.6 is 0 Å². The summed E-state index contributed by atoms with van der Waals surface area (Å²) in [4.78, 5) is 35.6. The van der Waals surface area contributed by atoms with Gasteiger partial charge in [0.25, 0.3) is 11.8 Å². The standard InChI is InChI=1S/C19H15N3O4/c20-17(23)12-4-1-5-13(10-12)18(24)21-14-6-2-7-15(11-14)22-19(25)16-8-3-9-26-16/h1-11H,(H2,20,23)(H,21,24)(H,22,25). The lowest BCUT2D eigenvalue weighted by molar-refractivity contribution is 0.0989. The van der Waals surface area contributed by atoms with Gasteiger partial charge in [0, 0.05) is 22.5 Å². The van der Waals surface area contributed by atoms with Crippen molar-refractivity contribution < 1.29 is 18.8 Å². The number of anilines is 2. The highest BCUT2D eigenvalue weighted by Gasteiger charge is 2.11. The van der Waals surface area contributed by atoms with Crippen LogP contribution in [0.15, 0.2) is 71.3 Å². The summed E-state index contributed by atoms with van der Waals surface area (Å²) in [5, 5.41) is 5.38. The van der Waals surface area contributed by atoms with Gasteiger partial charge in [-0.3, -0.25) is 14.4 Å². The normalized spacial score (nSPS) is 10.2. The Morgan fingerprint density at radius 3 is 2.08 bits per heavy atom. The van der Waals surface area contributed by atoms with E-state index in [1.807, 2.05) is 0 Å². The molecule has 0 bridgehead atoms. The SMILES string of the molecule is NC(=O)c1cccc(C(=O)Nc2cccc(NC(=O)c3ccco3)c2)c1. The topological polar surface area (TPSA) is 114 Å². The Morgan fingerprint density at radius 1 is 0.769 bits per heavy atom. The number of nitrogens with one attached hydrogen (secondary N) is 2. The molecule has 0 spiro atoms.